The van der Waals surface area contributed by atoms with E-state index in [1.165, 1.54) is 0 Å². The van der Waals surface area contributed by atoms with Crippen molar-refractivity contribution in [1.29, 1.82) is 0 Å². The van der Waals surface area contributed by atoms with E-state index < -0.39 is 0 Å². The van der Waals surface area contributed by atoms with Gasteiger partial charge in [0.15, 0.2) is 0 Å². The van der Waals surface area contributed by atoms with Crippen LogP contribution in [0.3, 0.4) is 0 Å². The number of nitrogens with two attached hydrogens (primary N) is 1. The molecule has 3 amide bonds. The van der Waals surface area contributed by atoms with Crippen molar-refractivity contribution in [3.8, 4) is 0 Å². The maximum absolute atomic E-state index is 12.6. The summed E-state index contributed by atoms with van der Waals surface area (Å²) >= 11 is 0. The molecule has 0 radical (unpaired) electrons. The van der Waals surface area contributed by atoms with Gasteiger partial charge in [0.2, 0.25) is 11.8 Å². The van der Waals surface area contributed by atoms with Gasteiger partial charge in [0.05, 0.1) is 12.5 Å². The van der Waals surface area contributed by atoms with E-state index in [1.807, 2.05) is 0 Å². The van der Waals surface area contributed by atoms with Crippen molar-refractivity contribution in [2.75, 3.05) is 32.8 Å². The number of hydrogen-bond acceptors (Lipinski definition) is 4. The Hall–Kier alpha value is -1.79. The van der Waals surface area contributed by atoms with Crippen LogP contribution in [0, 0.1) is 11.8 Å². The number of primary amides is 1. The fourth-order valence-corrected chi connectivity index (χ4v) is 3.20. The van der Waals surface area contributed by atoms with Crippen LogP contribution in [-0.4, -0.2) is 60.5 Å². The first-order valence-electron chi connectivity index (χ1n) is 8.02. The lowest BCUT2D eigenvalue weighted by Gasteiger charge is -2.37. The molecule has 22 heavy (non-hydrogen) atoms. The molecule has 2 heterocycles. The number of amides is 3. The van der Waals surface area contributed by atoms with Crippen molar-refractivity contribution in [2.24, 2.45) is 17.6 Å². The first-order valence-corrected chi connectivity index (χ1v) is 8.02. The van der Waals surface area contributed by atoms with Gasteiger partial charge in [0, 0.05) is 32.1 Å². The molecule has 0 spiro atoms. The van der Waals surface area contributed by atoms with Gasteiger partial charge in [-0.25, -0.2) is 4.79 Å². The third-order valence-electron chi connectivity index (χ3n) is 4.51. The summed E-state index contributed by atoms with van der Waals surface area (Å²) in [7, 11) is 0. The molecule has 2 N–H and O–H groups in total. The van der Waals surface area contributed by atoms with Crippen molar-refractivity contribution in [1.82, 2.24) is 9.80 Å². The summed E-state index contributed by atoms with van der Waals surface area (Å²) in [6.45, 7) is 4.33. The molecule has 1 unspecified atom stereocenters. The molecule has 0 bridgehead atoms. The smallest absolute Gasteiger partial charge is 0.409 e. The first kappa shape index (κ1) is 16.6. The predicted molar refractivity (Wildman–Crippen MR) is 79.8 cm³/mol. The minimum Gasteiger partial charge on any atom is -0.450 e. The van der Waals surface area contributed by atoms with E-state index in [0.717, 1.165) is 12.8 Å². The molecule has 1 atom stereocenters. The lowest BCUT2D eigenvalue weighted by molar-refractivity contribution is -0.140. The average Bonchev–Trinajstić information content (AvgIpc) is 2.54. The molecule has 7 heteroatoms. The molecule has 2 rings (SSSR count). The van der Waals surface area contributed by atoms with E-state index in [9.17, 15) is 14.4 Å². The van der Waals surface area contributed by atoms with E-state index in [4.69, 9.17) is 10.5 Å². The zero-order chi connectivity index (χ0) is 16.1. The largest absolute Gasteiger partial charge is 0.450 e. The van der Waals surface area contributed by atoms with Gasteiger partial charge in [-0.2, -0.15) is 0 Å². The Bertz CT molecular complexity index is 433. The molecule has 2 fully saturated rings. The number of piperidine rings is 2. The summed E-state index contributed by atoms with van der Waals surface area (Å²) in [5.41, 5.74) is 5.31. The second kappa shape index (κ2) is 7.47. The van der Waals surface area contributed by atoms with Gasteiger partial charge >= 0.3 is 6.09 Å². The second-order valence-electron chi connectivity index (χ2n) is 5.99. The SMILES string of the molecule is CCOC(=O)N1CCCC(C(=O)N2CCC(C(N)=O)CC2)C1. The zero-order valence-electron chi connectivity index (χ0n) is 13.1. The quantitative estimate of drug-likeness (QED) is 0.825. The highest BCUT2D eigenvalue weighted by molar-refractivity contribution is 5.81. The Labute approximate surface area is 130 Å². The van der Waals surface area contributed by atoms with Crippen LogP contribution in [0.2, 0.25) is 0 Å². The molecule has 2 aliphatic rings. The topological polar surface area (TPSA) is 92.9 Å². The Morgan fingerprint density at radius 3 is 2.32 bits per heavy atom. The average molecular weight is 311 g/mol. The normalized spacial score (nSPS) is 23.2. The van der Waals surface area contributed by atoms with E-state index in [1.54, 1.807) is 16.7 Å². The van der Waals surface area contributed by atoms with Crippen LogP contribution in [-0.2, 0) is 14.3 Å². The Morgan fingerprint density at radius 1 is 1.05 bits per heavy atom. The highest BCUT2D eigenvalue weighted by Crippen LogP contribution is 2.23. The van der Waals surface area contributed by atoms with Gasteiger partial charge in [-0.15, -0.1) is 0 Å². The molecule has 0 saturated carbocycles. The van der Waals surface area contributed by atoms with E-state index in [-0.39, 0.29) is 29.7 Å². The minimum absolute atomic E-state index is 0.0805. The van der Waals surface area contributed by atoms with E-state index in [0.29, 0.717) is 45.6 Å². The summed E-state index contributed by atoms with van der Waals surface area (Å²) in [5.74, 6) is -0.482. The number of carbonyl (C=O) groups excluding carboxylic acids is 3. The van der Waals surface area contributed by atoms with Gasteiger partial charge in [0.25, 0.3) is 0 Å². The number of carbonyl (C=O) groups is 3. The van der Waals surface area contributed by atoms with Gasteiger partial charge in [-0.3, -0.25) is 9.59 Å². The number of rotatable bonds is 3. The molecule has 124 valence electrons. The van der Waals surface area contributed by atoms with Crippen molar-refractivity contribution in [3.05, 3.63) is 0 Å². The van der Waals surface area contributed by atoms with Crippen LogP contribution in [0.25, 0.3) is 0 Å². The Balaban J connectivity index is 1.87. The van der Waals surface area contributed by atoms with Crippen LogP contribution < -0.4 is 5.73 Å². The van der Waals surface area contributed by atoms with Crippen LogP contribution >= 0.6 is 0 Å². The third-order valence-corrected chi connectivity index (χ3v) is 4.51. The van der Waals surface area contributed by atoms with Crippen molar-refractivity contribution >= 4 is 17.9 Å². The maximum Gasteiger partial charge on any atom is 0.409 e. The lowest BCUT2D eigenvalue weighted by atomic mass is 9.92. The standard InChI is InChI=1S/C15H25N3O4/c1-2-22-15(21)18-7-3-4-12(10-18)14(20)17-8-5-11(6-9-17)13(16)19/h11-12H,2-10H2,1H3,(H2,16,19). The molecule has 0 aromatic carbocycles. The van der Waals surface area contributed by atoms with Crippen molar-refractivity contribution in [3.63, 3.8) is 0 Å². The van der Waals surface area contributed by atoms with Crippen molar-refractivity contribution in [2.45, 2.75) is 32.6 Å². The predicted octanol–water partition coefficient (Wildman–Crippen LogP) is 0.579. The molecule has 7 nitrogen and oxygen atoms in total. The highest BCUT2D eigenvalue weighted by atomic mass is 16.6. The summed E-state index contributed by atoms with van der Waals surface area (Å²) in [6.07, 6.45) is 2.54. The van der Waals surface area contributed by atoms with Gasteiger partial charge in [-0.05, 0) is 32.6 Å². The number of ether oxygens (including phenoxy) is 1. The van der Waals surface area contributed by atoms with Crippen LogP contribution in [0.5, 0.6) is 0 Å². The first-order chi connectivity index (χ1) is 10.5. The van der Waals surface area contributed by atoms with Crippen LogP contribution in [0.15, 0.2) is 0 Å². The monoisotopic (exact) mass is 311 g/mol. The Morgan fingerprint density at radius 2 is 1.73 bits per heavy atom. The van der Waals surface area contributed by atoms with Crippen LogP contribution in [0.4, 0.5) is 4.79 Å². The molecular weight excluding hydrogens is 286 g/mol. The fraction of sp³-hybridized carbons (Fsp3) is 0.800. The number of nitrogens with zero attached hydrogens (tertiary/aromatic N) is 2. The number of likely N-dealkylation sites (tertiary alicyclic amines) is 2. The minimum atomic E-state index is -0.340. The van der Waals surface area contributed by atoms with Crippen LogP contribution in [0.1, 0.15) is 32.6 Å². The molecule has 2 aliphatic heterocycles. The zero-order valence-corrected chi connectivity index (χ0v) is 13.1. The fourth-order valence-electron chi connectivity index (χ4n) is 3.20. The molecule has 0 aromatic rings. The highest BCUT2D eigenvalue weighted by Gasteiger charge is 2.34. The molecule has 0 aliphatic carbocycles. The second-order valence-corrected chi connectivity index (χ2v) is 5.99. The molecule has 2 saturated heterocycles. The van der Waals surface area contributed by atoms with Crippen molar-refractivity contribution < 1.29 is 19.1 Å². The third kappa shape index (κ3) is 3.90. The molecule has 0 aromatic heterocycles. The molecular formula is C15H25N3O4. The summed E-state index contributed by atoms with van der Waals surface area (Å²) < 4.78 is 5.01. The van der Waals surface area contributed by atoms with E-state index in [2.05, 4.69) is 0 Å². The van der Waals surface area contributed by atoms with Gasteiger partial charge in [0.1, 0.15) is 0 Å². The summed E-state index contributed by atoms with van der Waals surface area (Å²) in [4.78, 5) is 39.0. The summed E-state index contributed by atoms with van der Waals surface area (Å²) in [5, 5.41) is 0. The van der Waals surface area contributed by atoms with E-state index >= 15 is 0 Å². The van der Waals surface area contributed by atoms with Gasteiger partial charge < -0.3 is 20.3 Å². The van der Waals surface area contributed by atoms with Gasteiger partial charge in [-0.1, -0.05) is 0 Å². The Kier molecular flexibility index (Phi) is 5.63. The lowest BCUT2D eigenvalue weighted by Crippen LogP contribution is -2.49. The number of hydrogen-bond donors (Lipinski definition) is 1. The maximum atomic E-state index is 12.6. The summed E-state index contributed by atoms with van der Waals surface area (Å²) in [6, 6.07) is 0.